The Balaban J connectivity index is 3.48. The van der Waals surface area contributed by atoms with Crippen molar-refractivity contribution in [1.82, 2.24) is 5.32 Å². The van der Waals surface area contributed by atoms with Gasteiger partial charge in [-0.25, -0.2) is 0 Å². The fourth-order valence-corrected chi connectivity index (χ4v) is 9.69. The highest BCUT2D eigenvalue weighted by Gasteiger charge is 2.18. The second-order valence-electron chi connectivity index (χ2n) is 21.4. The van der Waals surface area contributed by atoms with E-state index in [2.05, 4.69) is 31.3 Å². The zero-order valence-electron chi connectivity index (χ0n) is 46.6. The number of unbranched alkanes of at least 4 members (excludes halogenated alkanes) is 45. The molecule has 2 atom stereocenters. The molecule has 0 aromatic rings. The minimum atomic E-state index is -0.853. The van der Waals surface area contributed by atoms with Crippen LogP contribution in [0.4, 0.5) is 0 Å². The Kier molecular flexibility index (Phi) is 57.5. The molecule has 0 rings (SSSR count). The molecule has 69 heavy (non-hydrogen) atoms. The van der Waals surface area contributed by atoms with Crippen molar-refractivity contribution in [2.24, 2.45) is 0 Å². The number of carbonyl (C=O) groups is 2. The molecule has 6 heteroatoms. The Labute approximate surface area is 431 Å². The first-order valence-corrected chi connectivity index (χ1v) is 31.1. The number of hydrogen-bond acceptors (Lipinski definition) is 5. The number of hydrogen-bond donors (Lipinski definition) is 3. The molecule has 0 aliphatic rings. The van der Waals surface area contributed by atoms with Crippen molar-refractivity contribution >= 4 is 11.9 Å². The number of aliphatic hydroxyl groups is 2. The SMILES string of the molecule is CCCCCCCCCCCCCCCCCCCCCC/C=C/C(O)C(CO)NC(=O)CCCCCCCCC/C=C\CCCCCCCCOC(=O)CCCCCCCCCCCCCCC. The largest absolute Gasteiger partial charge is 0.466 e. The summed E-state index contributed by atoms with van der Waals surface area (Å²) < 4.78 is 5.47. The minimum Gasteiger partial charge on any atom is -0.466 e. The van der Waals surface area contributed by atoms with E-state index in [1.807, 2.05) is 6.08 Å². The monoisotopic (exact) mass is 972 g/mol. The smallest absolute Gasteiger partial charge is 0.305 e. The van der Waals surface area contributed by atoms with Gasteiger partial charge in [-0.15, -0.1) is 0 Å². The summed E-state index contributed by atoms with van der Waals surface area (Å²) in [6.45, 7) is 4.91. The van der Waals surface area contributed by atoms with Crippen molar-refractivity contribution < 1.29 is 24.5 Å². The molecule has 0 radical (unpaired) electrons. The van der Waals surface area contributed by atoms with Crippen LogP contribution in [0.15, 0.2) is 24.3 Å². The first-order valence-electron chi connectivity index (χ1n) is 31.1. The van der Waals surface area contributed by atoms with Gasteiger partial charge in [-0.1, -0.05) is 295 Å². The highest BCUT2D eigenvalue weighted by molar-refractivity contribution is 5.76. The van der Waals surface area contributed by atoms with Gasteiger partial charge in [-0.05, 0) is 57.8 Å². The first-order chi connectivity index (χ1) is 34.0. The molecule has 0 spiro atoms. The quantitative estimate of drug-likeness (QED) is 0.0321. The van der Waals surface area contributed by atoms with Crippen molar-refractivity contribution in [1.29, 1.82) is 0 Å². The molecule has 0 aliphatic carbocycles. The predicted octanol–water partition coefficient (Wildman–Crippen LogP) is 19.4. The Hall–Kier alpha value is -1.66. The third-order valence-electron chi connectivity index (χ3n) is 14.5. The van der Waals surface area contributed by atoms with Crippen LogP contribution in [0.5, 0.6) is 0 Å². The molecular formula is C63H121NO5. The second-order valence-corrected chi connectivity index (χ2v) is 21.4. The van der Waals surface area contributed by atoms with Gasteiger partial charge in [0.1, 0.15) is 0 Å². The number of carbonyl (C=O) groups excluding carboxylic acids is 2. The normalized spacial score (nSPS) is 12.7. The van der Waals surface area contributed by atoms with Crippen LogP contribution in [0.2, 0.25) is 0 Å². The zero-order valence-corrected chi connectivity index (χ0v) is 46.6. The lowest BCUT2D eigenvalue weighted by atomic mass is 10.0. The van der Waals surface area contributed by atoms with E-state index < -0.39 is 12.1 Å². The van der Waals surface area contributed by atoms with E-state index in [1.54, 1.807) is 6.08 Å². The number of amides is 1. The topological polar surface area (TPSA) is 95.9 Å². The number of nitrogens with one attached hydrogen (secondary N) is 1. The third-order valence-corrected chi connectivity index (χ3v) is 14.5. The highest BCUT2D eigenvalue weighted by atomic mass is 16.5. The van der Waals surface area contributed by atoms with Crippen LogP contribution in [0, 0.1) is 0 Å². The summed E-state index contributed by atoms with van der Waals surface area (Å²) in [6, 6.07) is -0.637. The maximum atomic E-state index is 12.5. The van der Waals surface area contributed by atoms with Gasteiger partial charge in [0.2, 0.25) is 5.91 Å². The van der Waals surface area contributed by atoms with Crippen molar-refractivity contribution in [3.63, 3.8) is 0 Å². The maximum absolute atomic E-state index is 12.5. The predicted molar refractivity (Wildman–Crippen MR) is 301 cm³/mol. The molecule has 0 aromatic heterocycles. The number of aliphatic hydroxyl groups excluding tert-OH is 2. The van der Waals surface area contributed by atoms with Crippen LogP contribution in [-0.4, -0.2) is 47.4 Å². The lowest BCUT2D eigenvalue weighted by Crippen LogP contribution is -2.45. The highest BCUT2D eigenvalue weighted by Crippen LogP contribution is 2.17. The van der Waals surface area contributed by atoms with Gasteiger partial charge in [0.05, 0.1) is 25.4 Å². The third kappa shape index (κ3) is 55.5. The Morgan fingerprint density at radius 1 is 0.391 bits per heavy atom. The molecule has 0 saturated heterocycles. The van der Waals surface area contributed by atoms with Gasteiger partial charge in [-0.2, -0.15) is 0 Å². The molecule has 3 N–H and O–H groups in total. The van der Waals surface area contributed by atoms with E-state index in [-0.39, 0.29) is 18.5 Å². The summed E-state index contributed by atoms with van der Waals surface area (Å²) in [6.07, 6.45) is 72.1. The van der Waals surface area contributed by atoms with Crippen molar-refractivity contribution in [2.45, 2.75) is 353 Å². The number of esters is 1. The standard InChI is InChI=1S/C63H121NO5/c1-3-5-7-9-11-13-15-17-18-19-20-21-22-23-25-28-32-35-39-43-47-51-55-61(66)60(59-65)64-62(67)56-52-48-44-40-36-33-29-26-24-27-30-34-38-42-46-50-54-58-69-63(68)57-53-49-45-41-37-31-16-14-12-10-8-6-4-2/h24,27,51,55,60-61,65-66H,3-23,25-26,28-50,52-54,56-59H2,1-2H3,(H,64,67)/b27-24-,55-51+. The van der Waals surface area contributed by atoms with Crippen LogP contribution >= 0.6 is 0 Å². The van der Waals surface area contributed by atoms with Gasteiger partial charge < -0.3 is 20.3 Å². The number of rotatable bonds is 58. The van der Waals surface area contributed by atoms with Crippen LogP contribution in [0.25, 0.3) is 0 Å². The first kappa shape index (κ1) is 67.3. The van der Waals surface area contributed by atoms with E-state index in [4.69, 9.17) is 4.74 Å². The molecule has 0 aliphatic heterocycles. The van der Waals surface area contributed by atoms with E-state index in [1.165, 1.54) is 257 Å². The van der Waals surface area contributed by atoms with Crippen molar-refractivity contribution in [2.75, 3.05) is 13.2 Å². The molecule has 0 heterocycles. The fourth-order valence-electron chi connectivity index (χ4n) is 9.69. The fraction of sp³-hybridized carbons (Fsp3) is 0.905. The van der Waals surface area contributed by atoms with E-state index in [0.29, 0.717) is 19.4 Å². The van der Waals surface area contributed by atoms with E-state index in [9.17, 15) is 19.8 Å². The summed E-state index contributed by atoms with van der Waals surface area (Å²) >= 11 is 0. The second kappa shape index (κ2) is 58.9. The molecular weight excluding hydrogens is 851 g/mol. The van der Waals surface area contributed by atoms with E-state index >= 15 is 0 Å². The zero-order chi connectivity index (χ0) is 50.0. The van der Waals surface area contributed by atoms with Crippen LogP contribution in [0.3, 0.4) is 0 Å². The van der Waals surface area contributed by atoms with Gasteiger partial charge in [0.15, 0.2) is 0 Å². The van der Waals surface area contributed by atoms with Crippen LogP contribution in [0.1, 0.15) is 341 Å². The summed E-state index contributed by atoms with van der Waals surface area (Å²) in [7, 11) is 0. The average Bonchev–Trinajstić information content (AvgIpc) is 3.35. The van der Waals surface area contributed by atoms with Gasteiger partial charge in [0.25, 0.3) is 0 Å². The minimum absolute atomic E-state index is 0.000659. The molecule has 2 unspecified atom stereocenters. The maximum Gasteiger partial charge on any atom is 0.305 e. The molecule has 0 fully saturated rings. The van der Waals surface area contributed by atoms with Gasteiger partial charge >= 0.3 is 5.97 Å². The lowest BCUT2D eigenvalue weighted by Gasteiger charge is -2.20. The molecule has 0 aromatic carbocycles. The summed E-state index contributed by atoms with van der Waals surface area (Å²) in [5.41, 5.74) is 0. The Morgan fingerprint density at radius 2 is 0.681 bits per heavy atom. The summed E-state index contributed by atoms with van der Waals surface area (Å²) in [5.74, 6) is -0.0774. The molecule has 0 saturated carbocycles. The van der Waals surface area contributed by atoms with Crippen LogP contribution in [-0.2, 0) is 14.3 Å². The lowest BCUT2D eigenvalue weighted by molar-refractivity contribution is -0.143. The van der Waals surface area contributed by atoms with Crippen molar-refractivity contribution in [3.8, 4) is 0 Å². The Morgan fingerprint density at radius 3 is 1.03 bits per heavy atom. The number of allylic oxidation sites excluding steroid dienone is 3. The molecule has 1 amide bonds. The van der Waals surface area contributed by atoms with Gasteiger partial charge in [0, 0.05) is 12.8 Å². The van der Waals surface area contributed by atoms with Crippen LogP contribution < -0.4 is 5.32 Å². The summed E-state index contributed by atoms with van der Waals surface area (Å²) in [5, 5.41) is 23.2. The average molecular weight is 973 g/mol. The molecule has 6 nitrogen and oxygen atoms in total. The molecule has 408 valence electrons. The molecule has 0 bridgehead atoms. The summed E-state index contributed by atoms with van der Waals surface area (Å²) in [4.78, 5) is 24.5. The van der Waals surface area contributed by atoms with Crippen molar-refractivity contribution in [3.05, 3.63) is 24.3 Å². The van der Waals surface area contributed by atoms with E-state index in [0.717, 1.165) is 57.8 Å². The number of ether oxygens (including phenoxy) is 1. The van der Waals surface area contributed by atoms with Gasteiger partial charge in [-0.3, -0.25) is 9.59 Å². The Bertz CT molecular complexity index is 1080.